The summed E-state index contributed by atoms with van der Waals surface area (Å²) in [5, 5.41) is 12.7. The summed E-state index contributed by atoms with van der Waals surface area (Å²) >= 11 is 5.47. The van der Waals surface area contributed by atoms with Crippen molar-refractivity contribution in [1.29, 1.82) is 0 Å². The van der Waals surface area contributed by atoms with Crippen LogP contribution >= 0.6 is 27.3 Å². The van der Waals surface area contributed by atoms with Crippen LogP contribution in [-0.2, 0) is 12.8 Å². The Hall–Kier alpha value is -1.20. The molecule has 0 fully saturated rings. The monoisotopic (exact) mass is 339 g/mol. The van der Waals surface area contributed by atoms with E-state index in [1.165, 1.54) is 10.4 Å². The van der Waals surface area contributed by atoms with Gasteiger partial charge in [-0.05, 0) is 35.4 Å². The highest BCUT2D eigenvalue weighted by atomic mass is 79.9. The predicted octanol–water partition coefficient (Wildman–Crippen LogP) is 4.90. The number of rotatable bonds is 5. The molecular weight excluding hydrogens is 326 g/mol. The first-order chi connectivity index (χ1) is 9.11. The van der Waals surface area contributed by atoms with Crippen LogP contribution in [0.2, 0.25) is 0 Å². The number of non-ortho nitro benzene ring substituents is 1. The van der Waals surface area contributed by atoms with E-state index in [9.17, 15) is 10.1 Å². The molecule has 1 unspecified atom stereocenters. The molecule has 0 saturated carbocycles. The molecule has 0 aliphatic rings. The Kier molecular flexibility index (Phi) is 4.71. The van der Waals surface area contributed by atoms with Gasteiger partial charge in [-0.15, -0.1) is 11.3 Å². The number of thiophene rings is 1. The fraction of sp³-hybridized carbons (Fsp3) is 0.286. The molecule has 0 N–H and O–H groups in total. The van der Waals surface area contributed by atoms with Crippen LogP contribution in [0.1, 0.15) is 27.8 Å². The molecule has 1 aromatic heterocycles. The first kappa shape index (κ1) is 14.2. The van der Waals surface area contributed by atoms with Gasteiger partial charge in [-0.3, -0.25) is 10.1 Å². The highest BCUT2D eigenvalue weighted by molar-refractivity contribution is 9.09. The van der Waals surface area contributed by atoms with Gasteiger partial charge in [-0.2, -0.15) is 0 Å². The number of nitro benzene ring substituents is 1. The summed E-state index contributed by atoms with van der Waals surface area (Å²) < 4.78 is 0. The summed E-state index contributed by atoms with van der Waals surface area (Å²) in [6, 6.07) is 8.93. The number of nitro groups is 1. The molecule has 1 atom stereocenters. The zero-order chi connectivity index (χ0) is 13.8. The predicted molar refractivity (Wildman–Crippen MR) is 82.2 cm³/mol. The van der Waals surface area contributed by atoms with E-state index in [1.54, 1.807) is 23.5 Å². The highest BCUT2D eigenvalue weighted by Gasteiger charge is 2.14. The van der Waals surface area contributed by atoms with E-state index < -0.39 is 0 Å². The summed E-state index contributed by atoms with van der Waals surface area (Å²) in [6.45, 7) is 2.15. The van der Waals surface area contributed by atoms with Crippen molar-refractivity contribution < 1.29 is 4.92 Å². The van der Waals surface area contributed by atoms with Crippen molar-refractivity contribution in [2.75, 3.05) is 0 Å². The summed E-state index contributed by atoms with van der Waals surface area (Å²) in [5.74, 6) is 0. The van der Waals surface area contributed by atoms with Gasteiger partial charge in [0.1, 0.15) is 0 Å². The molecule has 100 valence electrons. The van der Waals surface area contributed by atoms with Crippen LogP contribution in [0.3, 0.4) is 0 Å². The van der Waals surface area contributed by atoms with Crippen LogP contribution in [0.15, 0.2) is 35.7 Å². The molecule has 3 nitrogen and oxygen atoms in total. The molecule has 0 amide bonds. The minimum Gasteiger partial charge on any atom is -0.258 e. The Morgan fingerprint density at radius 1 is 1.32 bits per heavy atom. The number of halogens is 1. The van der Waals surface area contributed by atoms with Crippen LogP contribution in [0, 0.1) is 10.1 Å². The van der Waals surface area contributed by atoms with Crippen LogP contribution < -0.4 is 0 Å². The van der Waals surface area contributed by atoms with Crippen LogP contribution in [-0.4, -0.2) is 4.92 Å². The number of benzene rings is 1. The van der Waals surface area contributed by atoms with E-state index in [2.05, 4.69) is 34.3 Å². The maximum atomic E-state index is 10.6. The Bertz CT molecular complexity index is 565. The van der Waals surface area contributed by atoms with Gasteiger partial charge in [0.2, 0.25) is 0 Å². The van der Waals surface area contributed by atoms with Gasteiger partial charge in [0.25, 0.3) is 5.69 Å². The summed E-state index contributed by atoms with van der Waals surface area (Å²) in [5.41, 5.74) is 2.61. The SMILES string of the molecule is CCc1ccsc1C(Br)Cc1ccc([N+](=O)[O-])cc1. The normalized spacial score (nSPS) is 12.3. The molecular formula is C14H14BrNO2S. The Balaban J connectivity index is 2.10. The molecule has 0 radical (unpaired) electrons. The minimum atomic E-state index is -0.371. The van der Waals surface area contributed by atoms with E-state index in [0.717, 1.165) is 18.4 Å². The van der Waals surface area contributed by atoms with Crippen molar-refractivity contribution >= 4 is 33.0 Å². The van der Waals surface area contributed by atoms with Gasteiger partial charge in [-0.1, -0.05) is 35.0 Å². The van der Waals surface area contributed by atoms with Gasteiger partial charge < -0.3 is 0 Å². The summed E-state index contributed by atoms with van der Waals surface area (Å²) in [6.07, 6.45) is 1.87. The zero-order valence-electron chi connectivity index (χ0n) is 10.5. The maximum absolute atomic E-state index is 10.6. The quantitative estimate of drug-likeness (QED) is 0.441. The molecule has 0 saturated heterocycles. The van der Waals surface area contributed by atoms with Crippen molar-refractivity contribution in [2.24, 2.45) is 0 Å². The molecule has 2 aromatic rings. The average molecular weight is 340 g/mol. The average Bonchev–Trinajstić information content (AvgIpc) is 2.87. The second kappa shape index (κ2) is 6.30. The number of aryl methyl sites for hydroxylation is 1. The van der Waals surface area contributed by atoms with E-state index in [4.69, 9.17) is 0 Å². The molecule has 2 rings (SSSR count). The zero-order valence-corrected chi connectivity index (χ0v) is 12.9. The largest absolute Gasteiger partial charge is 0.269 e. The molecule has 0 bridgehead atoms. The smallest absolute Gasteiger partial charge is 0.258 e. The van der Waals surface area contributed by atoms with Gasteiger partial charge >= 0.3 is 0 Å². The van der Waals surface area contributed by atoms with Crippen molar-refractivity contribution in [3.63, 3.8) is 0 Å². The second-order valence-electron chi connectivity index (χ2n) is 4.26. The third-order valence-electron chi connectivity index (χ3n) is 3.01. The molecule has 0 aliphatic heterocycles. The van der Waals surface area contributed by atoms with Crippen molar-refractivity contribution in [3.05, 3.63) is 61.8 Å². The Morgan fingerprint density at radius 3 is 2.58 bits per heavy atom. The summed E-state index contributed by atoms with van der Waals surface area (Å²) in [7, 11) is 0. The van der Waals surface area contributed by atoms with Gasteiger partial charge in [0.05, 0.1) is 9.75 Å². The van der Waals surface area contributed by atoms with Crippen molar-refractivity contribution in [2.45, 2.75) is 24.6 Å². The number of hydrogen-bond acceptors (Lipinski definition) is 3. The Morgan fingerprint density at radius 2 is 2.00 bits per heavy atom. The molecule has 0 aliphatic carbocycles. The van der Waals surface area contributed by atoms with Crippen molar-refractivity contribution in [1.82, 2.24) is 0 Å². The molecule has 1 heterocycles. The van der Waals surface area contributed by atoms with Crippen LogP contribution in [0.4, 0.5) is 5.69 Å². The first-order valence-corrected chi connectivity index (χ1v) is 7.85. The van der Waals surface area contributed by atoms with Crippen LogP contribution in [0.5, 0.6) is 0 Å². The van der Waals surface area contributed by atoms with E-state index in [1.807, 2.05) is 12.1 Å². The van der Waals surface area contributed by atoms with Gasteiger partial charge in [0, 0.05) is 17.0 Å². The third kappa shape index (κ3) is 3.42. The standard InChI is InChI=1S/C14H14BrNO2S/c1-2-11-7-8-19-14(11)13(15)9-10-3-5-12(6-4-10)16(17)18/h3-8,13H,2,9H2,1H3. The lowest BCUT2D eigenvalue weighted by Gasteiger charge is -2.10. The van der Waals surface area contributed by atoms with Crippen LogP contribution in [0.25, 0.3) is 0 Å². The second-order valence-corrected chi connectivity index (χ2v) is 6.31. The van der Waals surface area contributed by atoms with E-state index in [0.29, 0.717) is 0 Å². The topological polar surface area (TPSA) is 43.1 Å². The first-order valence-electron chi connectivity index (χ1n) is 6.05. The fourth-order valence-corrected chi connectivity index (χ4v) is 3.93. The molecule has 5 heteroatoms. The van der Waals surface area contributed by atoms with Crippen molar-refractivity contribution in [3.8, 4) is 0 Å². The lowest BCUT2D eigenvalue weighted by Crippen LogP contribution is -1.96. The number of hydrogen-bond donors (Lipinski definition) is 0. The number of alkyl halides is 1. The minimum absolute atomic E-state index is 0.139. The Labute approximate surface area is 124 Å². The lowest BCUT2D eigenvalue weighted by molar-refractivity contribution is -0.384. The highest BCUT2D eigenvalue weighted by Crippen LogP contribution is 2.34. The van der Waals surface area contributed by atoms with Gasteiger partial charge in [-0.25, -0.2) is 0 Å². The summed E-state index contributed by atoms with van der Waals surface area (Å²) in [4.78, 5) is 11.8. The molecule has 19 heavy (non-hydrogen) atoms. The maximum Gasteiger partial charge on any atom is 0.269 e. The van der Waals surface area contributed by atoms with E-state index in [-0.39, 0.29) is 15.4 Å². The van der Waals surface area contributed by atoms with Gasteiger partial charge in [0.15, 0.2) is 0 Å². The lowest BCUT2D eigenvalue weighted by atomic mass is 10.1. The fourth-order valence-electron chi connectivity index (χ4n) is 1.97. The molecule has 1 aromatic carbocycles. The molecule has 0 spiro atoms. The third-order valence-corrected chi connectivity index (χ3v) is 5.17. The number of nitrogens with zero attached hydrogens (tertiary/aromatic N) is 1. The van der Waals surface area contributed by atoms with E-state index >= 15 is 0 Å².